The van der Waals surface area contributed by atoms with Crippen molar-refractivity contribution >= 4 is 5.69 Å². The Morgan fingerprint density at radius 2 is 1.68 bits per heavy atom. The Bertz CT molecular complexity index is 567. The summed E-state index contributed by atoms with van der Waals surface area (Å²) in [5.41, 5.74) is 2.87. The zero-order valence-electron chi connectivity index (χ0n) is 11.1. The molecule has 1 atom stereocenters. The predicted molar refractivity (Wildman–Crippen MR) is 76.2 cm³/mol. The van der Waals surface area contributed by atoms with Crippen LogP contribution in [-0.4, -0.2) is 7.11 Å². The fourth-order valence-corrected chi connectivity index (χ4v) is 1.87. The van der Waals surface area contributed by atoms with Crippen LogP contribution in [0, 0.1) is 11.3 Å². The van der Waals surface area contributed by atoms with Gasteiger partial charge in [-0.2, -0.15) is 5.26 Å². The topological polar surface area (TPSA) is 45.0 Å². The fraction of sp³-hybridized carbons (Fsp3) is 0.188. The molecule has 0 heterocycles. The van der Waals surface area contributed by atoms with E-state index in [2.05, 4.69) is 18.3 Å². The van der Waals surface area contributed by atoms with Crippen LogP contribution in [0.4, 0.5) is 5.69 Å². The Labute approximate surface area is 113 Å². The summed E-state index contributed by atoms with van der Waals surface area (Å²) in [7, 11) is 1.65. The van der Waals surface area contributed by atoms with Crippen molar-refractivity contribution < 1.29 is 4.74 Å². The molecule has 2 aromatic carbocycles. The lowest BCUT2D eigenvalue weighted by atomic mass is 10.1. The molecule has 0 aliphatic rings. The number of rotatable bonds is 4. The Morgan fingerprint density at radius 1 is 1.05 bits per heavy atom. The Morgan fingerprint density at radius 3 is 2.21 bits per heavy atom. The average molecular weight is 252 g/mol. The number of hydrogen-bond donors (Lipinski definition) is 1. The third-order valence-electron chi connectivity index (χ3n) is 3.01. The minimum atomic E-state index is 0.182. The second kappa shape index (κ2) is 5.92. The molecule has 3 heteroatoms. The summed E-state index contributed by atoms with van der Waals surface area (Å²) in [4.78, 5) is 0. The van der Waals surface area contributed by atoms with Crippen molar-refractivity contribution in [2.24, 2.45) is 0 Å². The smallest absolute Gasteiger partial charge is 0.119 e. The van der Waals surface area contributed by atoms with Crippen molar-refractivity contribution in [1.29, 1.82) is 5.26 Å². The molecule has 0 saturated heterocycles. The zero-order valence-corrected chi connectivity index (χ0v) is 11.1. The molecule has 0 amide bonds. The van der Waals surface area contributed by atoms with E-state index in [0.717, 1.165) is 17.0 Å². The minimum absolute atomic E-state index is 0.182. The molecule has 96 valence electrons. The maximum atomic E-state index is 8.77. The number of benzene rings is 2. The van der Waals surface area contributed by atoms with Gasteiger partial charge in [-0.15, -0.1) is 0 Å². The molecule has 0 bridgehead atoms. The zero-order chi connectivity index (χ0) is 13.7. The van der Waals surface area contributed by atoms with Crippen LogP contribution in [0.25, 0.3) is 0 Å². The average Bonchev–Trinajstić information content (AvgIpc) is 2.48. The first-order valence-corrected chi connectivity index (χ1v) is 6.13. The molecule has 0 aromatic heterocycles. The molecule has 2 rings (SSSR count). The highest BCUT2D eigenvalue weighted by atomic mass is 16.5. The standard InChI is InChI=1S/C16H16N2O/c1-12(14-5-3-13(11-17)4-6-14)18-15-7-9-16(19-2)10-8-15/h3-10,12,18H,1-2H3/t12-/m0/s1. The number of anilines is 1. The van der Waals surface area contributed by atoms with Gasteiger partial charge in [0.05, 0.1) is 18.7 Å². The number of ether oxygens (including phenoxy) is 1. The highest BCUT2D eigenvalue weighted by Gasteiger charge is 2.05. The summed E-state index contributed by atoms with van der Waals surface area (Å²) in [5.74, 6) is 0.844. The van der Waals surface area contributed by atoms with Gasteiger partial charge in [-0.05, 0) is 48.9 Å². The number of nitriles is 1. The van der Waals surface area contributed by atoms with Gasteiger partial charge in [0.25, 0.3) is 0 Å². The second-order valence-corrected chi connectivity index (χ2v) is 4.33. The Balaban J connectivity index is 2.06. The first kappa shape index (κ1) is 13.0. The van der Waals surface area contributed by atoms with Gasteiger partial charge in [0.15, 0.2) is 0 Å². The Hall–Kier alpha value is -2.47. The van der Waals surface area contributed by atoms with Crippen LogP contribution in [0.15, 0.2) is 48.5 Å². The van der Waals surface area contributed by atoms with Crippen LogP contribution in [0.1, 0.15) is 24.1 Å². The summed E-state index contributed by atoms with van der Waals surface area (Å²) in [5, 5.41) is 12.2. The van der Waals surface area contributed by atoms with Gasteiger partial charge in [0.1, 0.15) is 5.75 Å². The predicted octanol–water partition coefficient (Wildman–Crippen LogP) is 3.74. The van der Waals surface area contributed by atoms with E-state index in [-0.39, 0.29) is 6.04 Å². The summed E-state index contributed by atoms with van der Waals surface area (Å²) < 4.78 is 5.13. The van der Waals surface area contributed by atoms with Crippen molar-refractivity contribution in [3.05, 3.63) is 59.7 Å². The lowest BCUT2D eigenvalue weighted by Gasteiger charge is -2.16. The van der Waals surface area contributed by atoms with E-state index in [0.29, 0.717) is 5.56 Å². The van der Waals surface area contributed by atoms with Gasteiger partial charge in [0, 0.05) is 11.7 Å². The third-order valence-corrected chi connectivity index (χ3v) is 3.01. The number of nitrogens with zero attached hydrogens (tertiary/aromatic N) is 1. The van der Waals surface area contributed by atoms with Gasteiger partial charge in [0.2, 0.25) is 0 Å². The maximum Gasteiger partial charge on any atom is 0.119 e. The molecular weight excluding hydrogens is 236 g/mol. The second-order valence-electron chi connectivity index (χ2n) is 4.33. The van der Waals surface area contributed by atoms with Crippen LogP contribution in [-0.2, 0) is 0 Å². The van der Waals surface area contributed by atoms with E-state index in [9.17, 15) is 0 Å². The lowest BCUT2D eigenvalue weighted by Crippen LogP contribution is -2.06. The van der Waals surface area contributed by atoms with Gasteiger partial charge < -0.3 is 10.1 Å². The molecular formula is C16H16N2O. The number of nitrogens with one attached hydrogen (secondary N) is 1. The monoisotopic (exact) mass is 252 g/mol. The maximum absolute atomic E-state index is 8.77. The van der Waals surface area contributed by atoms with Gasteiger partial charge in [-0.1, -0.05) is 12.1 Å². The molecule has 0 spiro atoms. The number of methoxy groups -OCH3 is 1. The molecule has 0 saturated carbocycles. The molecule has 0 unspecified atom stereocenters. The first-order valence-electron chi connectivity index (χ1n) is 6.13. The third kappa shape index (κ3) is 3.26. The van der Waals surface area contributed by atoms with Crippen molar-refractivity contribution in [1.82, 2.24) is 0 Å². The van der Waals surface area contributed by atoms with Crippen molar-refractivity contribution in [2.75, 3.05) is 12.4 Å². The van der Waals surface area contributed by atoms with E-state index >= 15 is 0 Å². The van der Waals surface area contributed by atoms with E-state index in [1.807, 2.05) is 48.5 Å². The quantitative estimate of drug-likeness (QED) is 0.901. The van der Waals surface area contributed by atoms with Gasteiger partial charge in [-0.3, -0.25) is 0 Å². The summed E-state index contributed by atoms with van der Waals surface area (Å²) in [6, 6.07) is 17.7. The minimum Gasteiger partial charge on any atom is -0.497 e. The summed E-state index contributed by atoms with van der Waals surface area (Å²) in [6.45, 7) is 2.09. The van der Waals surface area contributed by atoms with Crippen LogP contribution >= 0.6 is 0 Å². The molecule has 0 aliphatic carbocycles. The largest absolute Gasteiger partial charge is 0.497 e. The SMILES string of the molecule is COc1ccc(N[C@@H](C)c2ccc(C#N)cc2)cc1. The van der Waals surface area contributed by atoms with Crippen molar-refractivity contribution in [2.45, 2.75) is 13.0 Å². The van der Waals surface area contributed by atoms with Crippen LogP contribution in [0.3, 0.4) is 0 Å². The Kier molecular flexibility index (Phi) is 4.04. The summed E-state index contributed by atoms with van der Waals surface area (Å²) in [6.07, 6.45) is 0. The normalized spacial score (nSPS) is 11.4. The molecule has 0 fully saturated rings. The van der Waals surface area contributed by atoms with E-state index in [1.54, 1.807) is 7.11 Å². The van der Waals surface area contributed by atoms with E-state index in [4.69, 9.17) is 10.00 Å². The summed E-state index contributed by atoms with van der Waals surface area (Å²) >= 11 is 0. The van der Waals surface area contributed by atoms with E-state index in [1.165, 1.54) is 0 Å². The molecule has 1 N–H and O–H groups in total. The van der Waals surface area contributed by atoms with Gasteiger partial charge >= 0.3 is 0 Å². The molecule has 19 heavy (non-hydrogen) atoms. The van der Waals surface area contributed by atoms with Crippen LogP contribution < -0.4 is 10.1 Å². The van der Waals surface area contributed by atoms with Crippen molar-refractivity contribution in [3.8, 4) is 11.8 Å². The molecule has 0 aliphatic heterocycles. The first-order chi connectivity index (χ1) is 9.22. The van der Waals surface area contributed by atoms with E-state index < -0.39 is 0 Å². The molecule has 2 aromatic rings. The van der Waals surface area contributed by atoms with Crippen molar-refractivity contribution in [3.63, 3.8) is 0 Å². The van der Waals surface area contributed by atoms with Crippen LogP contribution in [0.5, 0.6) is 5.75 Å². The lowest BCUT2D eigenvalue weighted by molar-refractivity contribution is 0.415. The van der Waals surface area contributed by atoms with Crippen LogP contribution in [0.2, 0.25) is 0 Å². The highest BCUT2D eigenvalue weighted by Crippen LogP contribution is 2.21. The van der Waals surface area contributed by atoms with Gasteiger partial charge in [-0.25, -0.2) is 0 Å². The highest BCUT2D eigenvalue weighted by molar-refractivity contribution is 5.48. The number of hydrogen-bond acceptors (Lipinski definition) is 3. The molecule has 0 radical (unpaired) electrons. The fourth-order valence-electron chi connectivity index (χ4n) is 1.87. The molecule has 3 nitrogen and oxygen atoms in total.